The number of hydrogen-bond donors (Lipinski definition) is 2. The van der Waals surface area contributed by atoms with Gasteiger partial charge in [0, 0.05) is 19.0 Å². The summed E-state index contributed by atoms with van der Waals surface area (Å²) < 4.78 is 99.0. The number of halogens is 7. The van der Waals surface area contributed by atoms with E-state index in [1.165, 1.54) is 27.7 Å². The molecular weight excluding hydrogens is 617 g/mol. The van der Waals surface area contributed by atoms with Gasteiger partial charge in [-0.15, -0.1) is 0 Å². The van der Waals surface area contributed by atoms with Crippen LogP contribution in [0.3, 0.4) is 0 Å². The minimum Gasteiger partial charge on any atom is -0.469 e. The van der Waals surface area contributed by atoms with Crippen LogP contribution in [0.2, 0.25) is 0 Å². The van der Waals surface area contributed by atoms with Gasteiger partial charge in [0.1, 0.15) is 12.1 Å². The lowest BCUT2D eigenvalue weighted by Crippen LogP contribution is -2.56. The minimum absolute atomic E-state index is 0.0557. The summed E-state index contributed by atoms with van der Waals surface area (Å²) in [6.07, 6.45) is -8.43. The van der Waals surface area contributed by atoms with Crippen molar-refractivity contribution in [3.63, 3.8) is 0 Å². The molecule has 19 heteroatoms. The molecule has 0 aromatic rings. The van der Waals surface area contributed by atoms with Crippen molar-refractivity contribution in [2.24, 2.45) is 0 Å². The predicted molar refractivity (Wildman–Crippen MR) is 135 cm³/mol. The molecule has 1 fully saturated rings. The summed E-state index contributed by atoms with van der Waals surface area (Å²) in [5.41, 5.74) is 0. The van der Waals surface area contributed by atoms with Crippen molar-refractivity contribution < 1.29 is 69.0 Å². The van der Waals surface area contributed by atoms with E-state index in [2.05, 4.69) is 20.1 Å². The smallest absolute Gasteiger partial charge is 0.460 e. The first-order chi connectivity index (χ1) is 20.1. The quantitative estimate of drug-likeness (QED) is 0.214. The maximum absolute atomic E-state index is 13.6. The number of likely N-dealkylation sites (tertiary alicyclic amines) is 1. The SMILES string of the molecule is COC(=O)CCC(=O)N[C@@H](C)C(=O)N[C@@H](C)C(=O)N1CCC[C@H]1C(=O)CN(C(=O)OCC(F)(F)C(F)(F)C(F)(F)F)C(C)C. The second-order valence-corrected chi connectivity index (χ2v) is 10.3. The molecule has 2 N–H and O–H groups in total. The molecule has 1 aliphatic rings. The molecule has 1 saturated heterocycles. The number of carbonyl (C=O) groups is 6. The van der Waals surface area contributed by atoms with Gasteiger partial charge in [-0.3, -0.25) is 28.9 Å². The second-order valence-electron chi connectivity index (χ2n) is 10.3. The summed E-state index contributed by atoms with van der Waals surface area (Å²) in [6.45, 7) is 1.79. The van der Waals surface area contributed by atoms with Crippen LogP contribution in [0.5, 0.6) is 0 Å². The van der Waals surface area contributed by atoms with Gasteiger partial charge in [0.2, 0.25) is 17.7 Å². The van der Waals surface area contributed by atoms with Gasteiger partial charge in [0.25, 0.3) is 0 Å². The monoisotopic (exact) mass is 652 g/mol. The molecule has 0 spiro atoms. The highest BCUT2D eigenvalue weighted by molar-refractivity contribution is 5.96. The highest BCUT2D eigenvalue weighted by atomic mass is 19.4. The Morgan fingerprint density at radius 1 is 0.909 bits per heavy atom. The second kappa shape index (κ2) is 15.4. The third-order valence-electron chi connectivity index (χ3n) is 6.57. The third-order valence-corrected chi connectivity index (χ3v) is 6.57. The summed E-state index contributed by atoms with van der Waals surface area (Å²) in [5, 5.41) is 4.73. The first-order valence-electron chi connectivity index (χ1n) is 13.3. The van der Waals surface area contributed by atoms with Crippen molar-refractivity contribution in [1.82, 2.24) is 20.4 Å². The van der Waals surface area contributed by atoms with Crippen molar-refractivity contribution in [2.75, 3.05) is 26.8 Å². The number of carbonyl (C=O) groups excluding carboxylic acids is 6. The molecule has 1 rings (SSSR count). The van der Waals surface area contributed by atoms with Crippen LogP contribution in [0.25, 0.3) is 0 Å². The van der Waals surface area contributed by atoms with Gasteiger partial charge in [-0.25, -0.2) is 4.79 Å². The van der Waals surface area contributed by atoms with E-state index >= 15 is 0 Å². The number of esters is 1. The van der Waals surface area contributed by atoms with E-state index in [1.54, 1.807) is 0 Å². The molecule has 0 saturated carbocycles. The Hall–Kier alpha value is -3.67. The maximum Gasteiger partial charge on any atom is 0.460 e. The van der Waals surface area contributed by atoms with Gasteiger partial charge in [0.05, 0.1) is 26.1 Å². The molecule has 0 aliphatic carbocycles. The van der Waals surface area contributed by atoms with Gasteiger partial charge in [-0.2, -0.15) is 30.7 Å². The zero-order valence-electron chi connectivity index (χ0n) is 24.6. The molecule has 0 aromatic heterocycles. The standard InChI is InChI=1S/C25H35F7N4O8/c1-13(2)36(22(42)44-12-23(26,27)24(28,29)25(30,31)32)11-17(37)16-7-6-10-35(16)21(41)15(4)34-20(40)14(3)33-18(38)8-9-19(39)43-5/h13-16H,6-12H2,1-5H3,(H,33,38)(H,34,40)/t14-,15-,16-/m0/s1. The Kier molecular flexibility index (Phi) is 13.4. The van der Waals surface area contributed by atoms with Crippen LogP contribution >= 0.6 is 0 Å². The molecule has 0 aromatic carbocycles. The average Bonchev–Trinajstić information content (AvgIpc) is 3.41. The first-order valence-corrected chi connectivity index (χ1v) is 13.3. The van der Waals surface area contributed by atoms with Crippen LogP contribution in [-0.2, 0) is 33.4 Å². The molecule has 3 atom stereocenters. The highest BCUT2D eigenvalue weighted by Crippen LogP contribution is 2.46. The average molecular weight is 653 g/mol. The Morgan fingerprint density at radius 2 is 1.50 bits per heavy atom. The van der Waals surface area contributed by atoms with E-state index in [0.717, 1.165) is 12.0 Å². The molecule has 4 amide bonds. The van der Waals surface area contributed by atoms with Crippen LogP contribution in [-0.4, -0.2) is 114 Å². The highest BCUT2D eigenvalue weighted by Gasteiger charge is 2.73. The lowest BCUT2D eigenvalue weighted by atomic mass is 10.1. The molecular formula is C25H35F7N4O8. The molecule has 252 valence electrons. The maximum atomic E-state index is 13.6. The fourth-order valence-corrected chi connectivity index (χ4v) is 3.98. The lowest BCUT2D eigenvalue weighted by molar-refractivity contribution is -0.359. The number of ketones is 1. The van der Waals surface area contributed by atoms with E-state index in [9.17, 15) is 59.5 Å². The zero-order chi connectivity index (χ0) is 34.2. The lowest BCUT2D eigenvalue weighted by Gasteiger charge is -2.32. The van der Waals surface area contributed by atoms with Crippen molar-refractivity contribution >= 4 is 35.6 Å². The van der Waals surface area contributed by atoms with Crippen molar-refractivity contribution in [1.29, 1.82) is 0 Å². The number of amides is 4. The number of alkyl halides is 7. The van der Waals surface area contributed by atoms with Crippen molar-refractivity contribution in [3.8, 4) is 0 Å². The van der Waals surface area contributed by atoms with Crippen molar-refractivity contribution in [3.05, 3.63) is 0 Å². The van der Waals surface area contributed by atoms with E-state index in [4.69, 9.17) is 0 Å². The molecule has 0 radical (unpaired) electrons. The first kappa shape index (κ1) is 38.4. The molecule has 1 heterocycles. The van der Waals surface area contributed by atoms with Crippen LogP contribution in [0.15, 0.2) is 0 Å². The molecule has 0 unspecified atom stereocenters. The summed E-state index contributed by atoms with van der Waals surface area (Å²) in [4.78, 5) is 75.6. The van der Waals surface area contributed by atoms with E-state index < -0.39 is 90.9 Å². The van der Waals surface area contributed by atoms with Crippen molar-refractivity contribution in [2.45, 2.75) is 95.6 Å². The van der Waals surface area contributed by atoms with Gasteiger partial charge in [-0.1, -0.05) is 0 Å². The summed E-state index contributed by atoms with van der Waals surface area (Å²) in [7, 11) is 1.14. The summed E-state index contributed by atoms with van der Waals surface area (Å²) >= 11 is 0. The Bertz CT molecular complexity index is 1090. The van der Waals surface area contributed by atoms with Crippen LogP contribution in [0, 0.1) is 0 Å². The number of hydrogen-bond acceptors (Lipinski definition) is 8. The molecule has 1 aliphatic heterocycles. The summed E-state index contributed by atoms with van der Waals surface area (Å²) in [5.74, 6) is -15.8. The van der Waals surface area contributed by atoms with E-state index in [-0.39, 0.29) is 25.8 Å². The van der Waals surface area contributed by atoms with Crippen LogP contribution in [0.1, 0.15) is 53.4 Å². The molecule has 0 bridgehead atoms. The molecule has 44 heavy (non-hydrogen) atoms. The van der Waals surface area contributed by atoms with E-state index in [0.29, 0.717) is 11.3 Å². The summed E-state index contributed by atoms with van der Waals surface area (Å²) in [6, 6.07) is -4.42. The van der Waals surface area contributed by atoms with Crippen LogP contribution < -0.4 is 10.6 Å². The number of ether oxygens (including phenoxy) is 2. The van der Waals surface area contributed by atoms with Gasteiger partial charge in [0.15, 0.2) is 12.4 Å². The number of nitrogens with one attached hydrogen (secondary N) is 2. The number of methoxy groups -OCH3 is 1. The fourth-order valence-electron chi connectivity index (χ4n) is 3.98. The third kappa shape index (κ3) is 9.93. The Morgan fingerprint density at radius 3 is 2.02 bits per heavy atom. The fraction of sp³-hybridized carbons (Fsp3) is 0.760. The van der Waals surface area contributed by atoms with Gasteiger partial charge >= 0.3 is 30.1 Å². The Balaban J connectivity index is 2.83. The topological polar surface area (TPSA) is 151 Å². The zero-order valence-corrected chi connectivity index (χ0v) is 24.6. The minimum atomic E-state index is -6.62. The number of nitrogens with zero attached hydrogens (tertiary/aromatic N) is 2. The number of rotatable bonds is 14. The molecule has 12 nitrogen and oxygen atoms in total. The van der Waals surface area contributed by atoms with Gasteiger partial charge < -0.3 is 25.0 Å². The predicted octanol–water partition coefficient (Wildman–Crippen LogP) is 2.19. The van der Waals surface area contributed by atoms with E-state index in [1.807, 2.05) is 0 Å². The Labute approximate surface area is 247 Å². The normalized spacial score (nSPS) is 17.0. The van der Waals surface area contributed by atoms with Crippen LogP contribution in [0.4, 0.5) is 35.5 Å². The largest absolute Gasteiger partial charge is 0.469 e. The number of Topliss-reactive ketones (excluding diaryl/α,β-unsaturated/α-hetero) is 1. The van der Waals surface area contributed by atoms with Gasteiger partial charge in [-0.05, 0) is 40.5 Å².